The van der Waals surface area contributed by atoms with Crippen LogP contribution in [0.3, 0.4) is 0 Å². The van der Waals surface area contributed by atoms with Gasteiger partial charge in [-0.15, -0.1) is 0 Å². The Balaban J connectivity index is 2.04. The molecule has 4 rings (SSSR count). The normalized spacial score (nSPS) is 11.1. The molecule has 25 heavy (non-hydrogen) atoms. The Morgan fingerprint density at radius 1 is 0.880 bits per heavy atom. The van der Waals surface area contributed by atoms with Crippen molar-refractivity contribution in [3.8, 4) is 11.3 Å². The molecule has 0 atom stereocenters. The summed E-state index contributed by atoms with van der Waals surface area (Å²) in [6, 6.07) is 18.2. The van der Waals surface area contributed by atoms with Crippen molar-refractivity contribution in [3.63, 3.8) is 0 Å². The Morgan fingerprint density at radius 2 is 1.60 bits per heavy atom. The number of fused-ring (bicyclic) bond motifs is 2. The van der Waals surface area contributed by atoms with Gasteiger partial charge >= 0.3 is 5.97 Å². The molecule has 1 N–H and O–H groups in total. The number of carbonyl (C=O) groups is 1. The summed E-state index contributed by atoms with van der Waals surface area (Å²) >= 11 is 12.1. The third-order valence-corrected chi connectivity index (χ3v) is 4.86. The average Bonchev–Trinajstić information content (AvgIpc) is 2.61. The van der Waals surface area contributed by atoms with Crippen LogP contribution in [-0.4, -0.2) is 16.1 Å². The molecule has 5 heteroatoms. The molecule has 0 unspecified atom stereocenters. The first kappa shape index (κ1) is 15.9. The van der Waals surface area contributed by atoms with Crippen LogP contribution in [0.25, 0.3) is 32.9 Å². The highest BCUT2D eigenvalue weighted by Crippen LogP contribution is 2.31. The summed E-state index contributed by atoms with van der Waals surface area (Å²) in [5.74, 6) is -0.996. The van der Waals surface area contributed by atoms with Gasteiger partial charge in [0.1, 0.15) is 0 Å². The van der Waals surface area contributed by atoms with E-state index in [-0.39, 0.29) is 5.56 Å². The zero-order chi connectivity index (χ0) is 17.6. The lowest BCUT2D eigenvalue weighted by Crippen LogP contribution is -2.00. The molecule has 0 aliphatic heterocycles. The minimum absolute atomic E-state index is 0.205. The van der Waals surface area contributed by atoms with Gasteiger partial charge in [0, 0.05) is 10.9 Å². The molecule has 1 aromatic heterocycles. The van der Waals surface area contributed by atoms with E-state index in [1.165, 1.54) is 0 Å². The second-order valence-electron chi connectivity index (χ2n) is 5.71. The molecule has 4 aromatic rings. The number of benzene rings is 3. The summed E-state index contributed by atoms with van der Waals surface area (Å²) in [7, 11) is 0. The van der Waals surface area contributed by atoms with Crippen LogP contribution in [0.1, 0.15) is 10.4 Å². The summed E-state index contributed by atoms with van der Waals surface area (Å²) in [6.45, 7) is 0. The molecule has 1 heterocycles. The third-order valence-electron chi connectivity index (χ3n) is 4.12. The number of hydrogen-bond donors (Lipinski definition) is 1. The molecule has 3 aromatic carbocycles. The molecule has 0 aliphatic carbocycles. The van der Waals surface area contributed by atoms with Gasteiger partial charge in [-0.2, -0.15) is 0 Å². The van der Waals surface area contributed by atoms with E-state index in [1.807, 2.05) is 36.4 Å². The van der Waals surface area contributed by atoms with Crippen LogP contribution in [0, 0.1) is 0 Å². The molecule has 0 aliphatic rings. The van der Waals surface area contributed by atoms with Crippen LogP contribution in [-0.2, 0) is 0 Å². The van der Waals surface area contributed by atoms with Gasteiger partial charge in [-0.25, -0.2) is 9.78 Å². The summed E-state index contributed by atoms with van der Waals surface area (Å²) in [5, 5.41) is 13.1. The van der Waals surface area contributed by atoms with Crippen LogP contribution in [0.2, 0.25) is 10.0 Å². The van der Waals surface area contributed by atoms with E-state index in [2.05, 4.69) is 4.98 Å². The van der Waals surface area contributed by atoms with E-state index < -0.39 is 5.97 Å². The van der Waals surface area contributed by atoms with Crippen LogP contribution in [0.4, 0.5) is 0 Å². The summed E-state index contributed by atoms with van der Waals surface area (Å²) < 4.78 is 0. The number of aromatic nitrogens is 1. The lowest BCUT2D eigenvalue weighted by molar-refractivity contribution is 0.0699. The van der Waals surface area contributed by atoms with E-state index in [9.17, 15) is 9.90 Å². The van der Waals surface area contributed by atoms with Gasteiger partial charge in [-0.1, -0.05) is 53.5 Å². The SMILES string of the molecule is O=C(O)c1cc(-c2ccc(Cl)c(Cl)c2)nc2cc3ccccc3cc12. The fourth-order valence-corrected chi connectivity index (χ4v) is 3.19. The predicted octanol–water partition coefficient (Wildman–Crippen LogP) is 6.06. The fraction of sp³-hybridized carbons (Fsp3) is 0. The van der Waals surface area contributed by atoms with Gasteiger partial charge in [0.15, 0.2) is 0 Å². The molecule has 0 fully saturated rings. The Kier molecular flexibility index (Phi) is 3.83. The largest absolute Gasteiger partial charge is 0.478 e. The van der Waals surface area contributed by atoms with Crippen molar-refractivity contribution in [2.24, 2.45) is 0 Å². The van der Waals surface area contributed by atoms with Crippen molar-refractivity contribution in [3.05, 3.63) is 76.3 Å². The first-order valence-corrected chi connectivity index (χ1v) is 8.31. The minimum atomic E-state index is -0.996. The van der Waals surface area contributed by atoms with Crippen molar-refractivity contribution in [1.82, 2.24) is 4.98 Å². The van der Waals surface area contributed by atoms with Gasteiger partial charge in [0.2, 0.25) is 0 Å². The van der Waals surface area contributed by atoms with Crippen molar-refractivity contribution >= 4 is 50.8 Å². The molecule has 0 amide bonds. The first-order chi connectivity index (χ1) is 12.0. The quantitative estimate of drug-likeness (QED) is 0.438. The average molecular weight is 368 g/mol. The van der Waals surface area contributed by atoms with Crippen LogP contribution in [0.5, 0.6) is 0 Å². The Morgan fingerprint density at radius 3 is 2.28 bits per heavy atom. The highest BCUT2D eigenvalue weighted by Gasteiger charge is 2.14. The number of halogens is 2. The highest BCUT2D eigenvalue weighted by atomic mass is 35.5. The second-order valence-corrected chi connectivity index (χ2v) is 6.52. The fourth-order valence-electron chi connectivity index (χ4n) is 2.89. The number of hydrogen-bond acceptors (Lipinski definition) is 2. The van der Waals surface area contributed by atoms with Gasteiger partial charge in [0.25, 0.3) is 0 Å². The Labute approximate surface area is 153 Å². The highest BCUT2D eigenvalue weighted by molar-refractivity contribution is 6.42. The van der Waals surface area contributed by atoms with Crippen molar-refractivity contribution in [2.45, 2.75) is 0 Å². The zero-order valence-electron chi connectivity index (χ0n) is 12.8. The van der Waals surface area contributed by atoms with E-state index in [4.69, 9.17) is 23.2 Å². The number of carboxylic acid groups (broad SMARTS) is 1. The maximum absolute atomic E-state index is 11.8. The van der Waals surface area contributed by atoms with Gasteiger partial charge in [-0.05, 0) is 41.1 Å². The lowest BCUT2D eigenvalue weighted by atomic mass is 10.0. The van der Waals surface area contributed by atoms with E-state index in [0.29, 0.717) is 32.2 Å². The summed E-state index contributed by atoms with van der Waals surface area (Å²) in [4.78, 5) is 16.4. The van der Waals surface area contributed by atoms with Gasteiger partial charge in [0.05, 0.1) is 26.8 Å². The number of rotatable bonds is 2. The molecule has 3 nitrogen and oxygen atoms in total. The minimum Gasteiger partial charge on any atom is -0.478 e. The zero-order valence-corrected chi connectivity index (χ0v) is 14.3. The maximum atomic E-state index is 11.8. The van der Waals surface area contributed by atoms with Gasteiger partial charge in [-0.3, -0.25) is 0 Å². The molecule has 0 bridgehead atoms. The van der Waals surface area contributed by atoms with E-state index in [1.54, 1.807) is 24.3 Å². The molecular formula is C20H11Cl2NO2. The van der Waals surface area contributed by atoms with Crippen molar-refractivity contribution in [1.29, 1.82) is 0 Å². The molecule has 0 saturated heterocycles. The van der Waals surface area contributed by atoms with Crippen molar-refractivity contribution in [2.75, 3.05) is 0 Å². The van der Waals surface area contributed by atoms with Crippen LogP contribution >= 0.6 is 23.2 Å². The first-order valence-electron chi connectivity index (χ1n) is 7.55. The molecule has 0 radical (unpaired) electrons. The molecular weight excluding hydrogens is 357 g/mol. The van der Waals surface area contributed by atoms with E-state index >= 15 is 0 Å². The second kappa shape index (κ2) is 6.03. The number of aromatic carboxylic acids is 1. The standard InChI is InChI=1S/C20H11Cl2NO2/c21-16-6-5-13(8-17(16)22)18-10-15(20(24)25)14-7-11-3-1-2-4-12(11)9-19(14)23-18/h1-10H,(H,24,25). The smallest absolute Gasteiger partial charge is 0.336 e. The lowest BCUT2D eigenvalue weighted by Gasteiger charge is -2.09. The summed E-state index contributed by atoms with van der Waals surface area (Å²) in [5.41, 5.74) is 2.09. The monoisotopic (exact) mass is 367 g/mol. The molecule has 0 spiro atoms. The molecule has 122 valence electrons. The Hall–Kier alpha value is -2.62. The number of nitrogens with zero attached hydrogens (tertiary/aromatic N) is 1. The van der Waals surface area contributed by atoms with Crippen LogP contribution in [0.15, 0.2) is 60.7 Å². The predicted molar refractivity (Wildman–Crippen MR) is 102 cm³/mol. The van der Waals surface area contributed by atoms with E-state index in [0.717, 1.165) is 10.8 Å². The molecule has 0 saturated carbocycles. The van der Waals surface area contributed by atoms with Crippen LogP contribution < -0.4 is 0 Å². The topological polar surface area (TPSA) is 50.2 Å². The Bertz CT molecular complexity index is 1160. The number of pyridine rings is 1. The number of carboxylic acids is 1. The van der Waals surface area contributed by atoms with Gasteiger partial charge < -0.3 is 5.11 Å². The van der Waals surface area contributed by atoms with Crippen molar-refractivity contribution < 1.29 is 9.90 Å². The summed E-state index contributed by atoms with van der Waals surface area (Å²) in [6.07, 6.45) is 0. The maximum Gasteiger partial charge on any atom is 0.336 e. The third kappa shape index (κ3) is 2.82.